The lowest BCUT2D eigenvalue weighted by molar-refractivity contribution is 0.741. The van der Waals surface area contributed by atoms with E-state index in [1.54, 1.807) is 11.3 Å². The molecule has 2 nitrogen and oxygen atoms in total. The Bertz CT molecular complexity index is 545. The molecular weight excluding hydrogens is 212 g/mol. The first-order valence-electron chi connectivity index (χ1n) is 4.28. The fourth-order valence-electron chi connectivity index (χ4n) is 1.39. The fourth-order valence-corrected chi connectivity index (χ4v) is 2.76. The summed E-state index contributed by atoms with van der Waals surface area (Å²) in [6.07, 6.45) is 0.509. The van der Waals surface area contributed by atoms with E-state index in [2.05, 4.69) is 12.1 Å². The molecule has 2 rings (SSSR count). The normalized spacial score (nSPS) is 10.2. The van der Waals surface area contributed by atoms with Gasteiger partial charge in [-0.05, 0) is 24.4 Å². The Hall–Kier alpha value is -1.18. The summed E-state index contributed by atoms with van der Waals surface area (Å²) in [6, 6.07) is 10.2. The summed E-state index contributed by atoms with van der Waals surface area (Å²) in [7, 11) is 0. The maximum Gasteiger partial charge on any atom is 0.162 e. The molecule has 4 heteroatoms. The van der Waals surface area contributed by atoms with Crippen molar-refractivity contribution in [2.75, 3.05) is 0 Å². The lowest BCUT2D eigenvalue weighted by atomic mass is 10.3. The second-order valence-electron chi connectivity index (χ2n) is 2.90. The van der Waals surface area contributed by atoms with Crippen molar-refractivity contribution < 1.29 is 0 Å². The van der Waals surface area contributed by atoms with Gasteiger partial charge in [0.1, 0.15) is 0 Å². The number of hydrogen-bond acceptors (Lipinski definition) is 3. The Morgan fingerprint density at radius 2 is 2.21 bits per heavy atom. The monoisotopic (exact) mass is 220 g/mol. The number of rotatable bonds is 2. The number of aryl methyl sites for hydroxylation is 1. The zero-order valence-electron chi connectivity index (χ0n) is 7.43. The van der Waals surface area contributed by atoms with Crippen molar-refractivity contribution in [1.82, 2.24) is 4.57 Å². The molecule has 1 aromatic carbocycles. The number of thiazole rings is 1. The zero-order chi connectivity index (χ0) is 9.97. The van der Waals surface area contributed by atoms with Crippen molar-refractivity contribution in [1.29, 1.82) is 5.26 Å². The molecular formula is C10H8N2S2. The van der Waals surface area contributed by atoms with Gasteiger partial charge in [0.05, 0.1) is 22.7 Å². The minimum Gasteiger partial charge on any atom is -0.322 e. The van der Waals surface area contributed by atoms with Crippen molar-refractivity contribution >= 4 is 33.8 Å². The molecule has 1 aromatic heterocycles. The molecule has 70 valence electrons. The summed E-state index contributed by atoms with van der Waals surface area (Å²) in [5.74, 6) is 0. The van der Waals surface area contributed by atoms with Gasteiger partial charge in [0.15, 0.2) is 3.95 Å². The van der Waals surface area contributed by atoms with Gasteiger partial charge in [0, 0.05) is 6.54 Å². The van der Waals surface area contributed by atoms with Gasteiger partial charge < -0.3 is 4.57 Å². The van der Waals surface area contributed by atoms with E-state index >= 15 is 0 Å². The van der Waals surface area contributed by atoms with Crippen LogP contribution in [0.1, 0.15) is 6.42 Å². The Labute approximate surface area is 91.0 Å². The third-order valence-corrected chi connectivity index (χ3v) is 3.45. The van der Waals surface area contributed by atoms with Crippen LogP contribution in [0.15, 0.2) is 24.3 Å². The van der Waals surface area contributed by atoms with Gasteiger partial charge in [-0.1, -0.05) is 12.1 Å². The Morgan fingerprint density at radius 1 is 1.43 bits per heavy atom. The highest BCUT2D eigenvalue weighted by molar-refractivity contribution is 7.73. The average Bonchev–Trinajstić information content (AvgIpc) is 2.51. The molecule has 0 amide bonds. The molecule has 0 fully saturated rings. The molecule has 0 saturated heterocycles. The fraction of sp³-hybridized carbons (Fsp3) is 0.200. The van der Waals surface area contributed by atoms with E-state index < -0.39 is 0 Å². The third kappa shape index (κ3) is 1.57. The quantitative estimate of drug-likeness (QED) is 0.726. The number of benzene rings is 1. The average molecular weight is 220 g/mol. The molecule has 0 unspecified atom stereocenters. The summed E-state index contributed by atoms with van der Waals surface area (Å²) in [4.78, 5) is 0. The first-order chi connectivity index (χ1) is 6.83. The number of para-hydroxylation sites is 1. The van der Waals surface area contributed by atoms with Crippen molar-refractivity contribution in [3.05, 3.63) is 28.2 Å². The highest BCUT2D eigenvalue weighted by Gasteiger charge is 2.02. The summed E-state index contributed by atoms with van der Waals surface area (Å²) < 4.78 is 4.07. The topological polar surface area (TPSA) is 28.7 Å². The molecule has 0 spiro atoms. The minimum atomic E-state index is 0.509. The van der Waals surface area contributed by atoms with Gasteiger partial charge in [0.25, 0.3) is 0 Å². The van der Waals surface area contributed by atoms with Crippen molar-refractivity contribution in [2.45, 2.75) is 13.0 Å². The molecule has 0 atom stereocenters. The van der Waals surface area contributed by atoms with Crippen LogP contribution in [0.2, 0.25) is 0 Å². The van der Waals surface area contributed by atoms with Gasteiger partial charge in [-0.15, -0.1) is 11.3 Å². The van der Waals surface area contributed by atoms with Gasteiger partial charge in [-0.3, -0.25) is 0 Å². The Balaban J connectivity index is 2.58. The maximum atomic E-state index is 8.53. The van der Waals surface area contributed by atoms with Crippen molar-refractivity contribution in [3.8, 4) is 6.07 Å². The smallest absolute Gasteiger partial charge is 0.162 e. The molecule has 2 aromatic rings. The van der Waals surface area contributed by atoms with E-state index in [1.165, 1.54) is 4.70 Å². The second-order valence-corrected chi connectivity index (χ2v) is 4.57. The van der Waals surface area contributed by atoms with Gasteiger partial charge in [0.2, 0.25) is 0 Å². The van der Waals surface area contributed by atoms with Crippen LogP contribution in [-0.2, 0) is 6.54 Å². The molecule has 0 N–H and O–H groups in total. The SMILES string of the molecule is N#CCCn1c(=S)sc2ccccc21. The molecule has 0 saturated carbocycles. The molecule has 0 radical (unpaired) electrons. The summed E-state index contributed by atoms with van der Waals surface area (Å²) >= 11 is 6.84. The predicted molar refractivity (Wildman–Crippen MR) is 60.9 cm³/mol. The van der Waals surface area contributed by atoms with Crippen LogP contribution >= 0.6 is 23.6 Å². The first kappa shape index (κ1) is 9.38. The molecule has 0 aliphatic carbocycles. The maximum absolute atomic E-state index is 8.53. The van der Waals surface area contributed by atoms with Crippen molar-refractivity contribution in [3.63, 3.8) is 0 Å². The van der Waals surface area contributed by atoms with Crippen LogP contribution in [0.25, 0.3) is 10.2 Å². The van der Waals surface area contributed by atoms with E-state index in [0.29, 0.717) is 13.0 Å². The van der Waals surface area contributed by atoms with Crippen molar-refractivity contribution in [2.24, 2.45) is 0 Å². The van der Waals surface area contributed by atoms with Crippen LogP contribution < -0.4 is 0 Å². The number of nitrogens with zero attached hydrogens (tertiary/aromatic N) is 2. The number of hydrogen-bond donors (Lipinski definition) is 0. The second kappa shape index (κ2) is 3.91. The predicted octanol–water partition coefficient (Wildman–Crippen LogP) is 3.35. The summed E-state index contributed by atoms with van der Waals surface area (Å²) in [5.41, 5.74) is 1.14. The summed E-state index contributed by atoms with van der Waals surface area (Å²) in [5, 5.41) is 8.53. The number of fused-ring (bicyclic) bond motifs is 1. The summed E-state index contributed by atoms with van der Waals surface area (Å²) in [6.45, 7) is 0.694. The van der Waals surface area contributed by atoms with E-state index in [9.17, 15) is 0 Å². The molecule has 1 heterocycles. The number of nitriles is 1. The largest absolute Gasteiger partial charge is 0.322 e. The van der Waals surface area contributed by atoms with Crippen LogP contribution in [0.3, 0.4) is 0 Å². The lowest BCUT2D eigenvalue weighted by Gasteiger charge is -1.99. The standard InChI is InChI=1S/C10H8N2S2/c11-6-3-7-12-8-4-1-2-5-9(8)14-10(12)13/h1-2,4-5H,3,7H2. The zero-order valence-corrected chi connectivity index (χ0v) is 9.07. The highest BCUT2D eigenvalue weighted by Crippen LogP contribution is 2.22. The van der Waals surface area contributed by atoms with Crippen LogP contribution in [0, 0.1) is 15.3 Å². The van der Waals surface area contributed by atoms with Gasteiger partial charge >= 0.3 is 0 Å². The third-order valence-electron chi connectivity index (χ3n) is 2.02. The van der Waals surface area contributed by atoms with E-state index in [-0.39, 0.29) is 0 Å². The highest BCUT2D eigenvalue weighted by atomic mass is 32.1. The Morgan fingerprint density at radius 3 is 3.00 bits per heavy atom. The molecule has 0 bridgehead atoms. The van der Waals surface area contributed by atoms with Crippen LogP contribution in [-0.4, -0.2) is 4.57 Å². The van der Waals surface area contributed by atoms with Gasteiger partial charge in [-0.25, -0.2) is 0 Å². The molecule has 0 aliphatic rings. The van der Waals surface area contributed by atoms with E-state index in [1.807, 2.05) is 22.8 Å². The first-order valence-corrected chi connectivity index (χ1v) is 5.51. The van der Waals surface area contributed by atoms with E-state index in [4.69, 9.17) is 17.5 Å². The van der Waals surface area contributed by atoms with Crippen LogP contribution in [0.4, 0.5) is 0 Å². The van der Waals surface area contributed by atoms with Crippen LogP contribution in [0.5, 0.6) is 0 Å². The van der Waals surface area contributed by atoms with E-state index in [0.717, 1.165) is 9.47 Å². The minimum absolute atomic E-state index is 0.509. The number of aromatic nitrogens is 1. The Kier molecular flexibility index (Phi) is 2.62. The molecule has 14 heavy (non-hydrogen) atoms. The molecule has 0 aliphatic heterocycles. The van der Waals surface area contributed by atoms with Gasteiger partial charge in [-0.2, -0.15) is 5.26 Å². The lowest BCUT2D eigenvalue weighted by Crippen LogP contribution is -1.95.